The van der Waals surface area contributed by atoms with Crippen molar-refractivity contribution >= 4 is 21.8 Å². The Morgan fingerprint density at radius 3 is 3.00 bits per heavy atom. The molecule has 1 N–H and O–H groups in total. The van der Waals surface area contributed by atoms with Crippen LogP contribution in [0.4, 0.5) is 4.39 Å². The molecule has 1 aromatic carbocycles. The predicted octanol–water partition coefficient (Wildman–Crippen LogP) is 2.00. The Bertz CT molecular complexity index is 559. The van der Waals surface area contributed by atoms with Crippen LogP contribution in [0.2, 0.25) is 0 Å². The molecular weight excluding hydrogens is 315 g/mol. The maximum absolute atomic E-state index is 13.3. The molecule has 2 aromatic rings. The van der Waals surface area contributed by atoms with Gasteiger partial charge < -0.3 is 5.32 Å². The van der Waals surface area contributed by atoms with Crippen LogP contribution >= 0.6 is 15.9 Å². The molecule has 0 aliphatic rings. The summed E-state index contributed by atoms with van der Waals surface area (Å²) in [6.07, 6.45) is 4.09. The minimum absolute atomic E-state index is 0.287. The van der Waals surface area contributed by atoms with Gasteiger partial charge in [0.2, 0.25) is 0 Å². The molecule has 0 unspecified atom stereocenters. The Morgan fingerprint density at radius 1 is 1.47 bits per heavy atom. The second kappa shape index (κ2) is 6.42. The summed E-state index contributed by atoms with van der Waals surface area (Å²) in [4.78, 5) is 11.7. The van der Waals surface area contributed by atoms with Crippen molar-refractivity contribution in [2.45, 2.75) is 13.0 Å². The summed E-state index contributed by atoms with van der Waals surface area (Å²) >= 11 is 3.04. The molecule has 0 radical (unpaired) electrons. The number of amides is 1. The monoisotopic (exact) mass is 326 g/mol. The lowest BCUT2D eigenvalue weighted by Gasteiger charge is -2.05. The maximum atomic E-state index is 13.3. The Kier molecular flexibility index (Phi) is 4.62. The van der Waals surface area contributed by atoms with E-state index in [0.717, 1.165) is 6.42 Å². The molecule has 0 fully saturated rings. The first kappa shape index (κ1) is 13.7. The molecule has 0 spiro atoms. The van der Waals surface area contributed by atoms with E-state index in [2.05, 4.69) is 31.6 Å². The van der Waals surface area contributed by atoms with Crippen molar-refractivity contribution in [1.82, 2.24) is 20.3 Å². The van der Waals surface area contributed by atoms with Crippen LogP contribution < -0.4 is 5.32 Å². The van der Waals surface area contributed by atoms with Crippen LogP contribution in [0.25, 0.3) is 0 Å². The number of halogens is 2. The number of hydrogen-bond acceptors (Lipinski definition) is 3. The summed E-state index contributed by atoms with van der Waals surface area (Å²) in [5.41, 5.74) is 0.307. The van der Waals surface area contributed by atoms with Crippen LogP contribution in [0.15, 0.2) is 35.1 Å². The van der Waals surface area contributed by atoms with Crippen molar-refractivity contribution in [2.75, 3.05) is 6.54 Å². The van der Waals surface area contributed by atoms with Crippen LogP contribution in [-0.4, -0.2) is 27.4 Å². The number of aromatic nitrogens is 3. The minimum atomic E-state index is -0.449. The summed E-state index contributed by atoms with van der Waals surface area (Å²) in [6.45, 7) is 1.17. The van der Waals surface area contributed by atoms with Crippen molar-refractivity contribution in [2.24, 2.45) is 0 Å². The summed E-state index contributed by atoms with van der Waals surface area (Å²) < 4.78 is 15.3. The van der Waals surface area contributed by atoms with Crippen molar-refractivity contribution in [3.63, 3.8) is 0 Å². The van der Waals surface area contributed by atoms with Gasteiger partial charge in [0, 0.05) is 24.8 Å². The highest BCUT2D eigenvalue weighted by atomic mass is 79.9. The van der Waals surface area contributed by atoms with E-state index < -0.39 is 5.82 Å². The Labute approximate surface area is 117 Å². The van der Waals surface area contributed by atoms with Crippen molar-refractivity contribution in [3.8, 4) is 0 Å². The molecule has 100 valence electrons. The fourth-order valence-electron chi connectivity index (χ4n) is 1.53. The normalized spacial score (nSPS) is 10.4. The SMILES string of the molecule is O=C(NCCCn1ccnn1)c1ccc(Br)c(F)c1. The third-order valence-corrected chi connectivity index (χ3v) is 3.15. The molecule has 1 aromatic heterocycles. The second-order valence-corrected chi connectivity index (χ2v) is 4.76. The van der Waals surface area contributed by atoms with Crippen LogP contribution in [0.5, 0.6) is 0 Å². The smallest absolute Gasteiger partial charge is 0.251 e. The molecule has 0 aliphatic heterocycles. The van der Waals surface area contributed by atoms with Crippen molar-refractivity contribution in [3.05, 3.63) is 46.4 Å². The molecule has 19 heavy (non-hydrogen) atoms. The predicted molar refractivity (Wildman–Crippen MR) is 71.1 cm³/mol. The third-order valence-electron chi connectivity index (χ3n) is 2.50. The molecule has 0 saturated carbocycles. The first-order valence-corrected chi connectivity index (χ1v) is 6.53. The molecule has 2 rings (SSSR count). The van der Waals surface area contributed by atoms with Gasteiger partial charge in [0.05, 0.1) is 10.7 Å². The van der Waals surface area contributed by atoms with Gasteiger partial charge in [-0.15, -0.1) is 5.10 Å². The van der Waals surface area contributed by atoms with Gasteiger partial charge in [-0.25, -0.2) is 4.39 Å². The van der Waals surface area contributed by atoms with Gasteiger partial charge in [-0.05, 0) is 40.5 Å². The first-order chi connectivity index (χ1) is 9.16. The van der Waals surface area contributed by atoms with Crippen LogP contribution in [0.1, 0.15) is 16.8 Å². The van der Waals surface area contributed by atoms with Crippen molar-refractivity contribution in [1.29, 1.82) is 0 Å². The van der Waals surface area contributed by atoms with Gasteiger partial charge in [-0.3, -0.25) is 9.48 Å². The van der Waals surface area contributed by atoms with Gasteiger partial charge >= 0.3 is 0 Å². The molecule has 0 atom stereocenters. The lowest BCUT2D eigenvalue weighted by molar-refractivity contribution is 0.0952. The minimum Gasteiger partial charge on any atom is -0.352 e. The van der Waals surface area contributed by atoms with Crippen molar-refractivity contribution < 1.29 is 9.18 Å². The van der Waals surface area contributed by atoms with Crippen LogP contribution in [0.3, 0.4) is 0 Å². The Hall–Kier alpha value is -1.76. The second-order valence-electron chi connectivity index (χ2n) is 3.90. The highest BCUT2D eigenvalue weighted by Crippen LogP contribution is 2.16. The van der Waals surface area contributed by atoms with E-state index >= 15 is 0 Å². The number of benzene rings is 1. The lowest BCUT2D eigenvalue weighted by Crippen LogP contribution is -2.25. The van der Waals surface area contributed by atoms with Crippen LogP contribution in [-0.2, 0) is 6.54 Å². The first-order valence-electron chi connectivity index (χ1n) is 5.74. The fourth-order valence-corrected chi connectivity index (χ4v) is 1.78. The number of aryl methyl sites for hydroxylation is 1. The van der Waals surface area contributed by atoms with E-state index in [1.807, 2.05) is 0 Å². The molecule has 0 saturated heterocycles. The van der Waals surface area contributed by atoms with Gasteiger partial charge in [0.25, 0.3) is 5.91 Å². The van der Waals surface area contributed by atoms with E-state index in [1.165, 1.54) is 12.1 Å². The van der Waals surface area contributed by atoms with Gasteiger partial charge in [-0.1, -0.05) is 5.21 Å². The lowest BCUT2D eigenvalue weighted by atomic mass is 10.2. The molecule has 1 heterocycles. The topological polar surface area (TPSA) is 59.8 Å². The zero-order chi connectivity index (χ0) is 13.7. The third kappa shape index (κ3) is 3.85. The van der Waals surface area contributed by atoms with E-state index in [9.17, 15) is 9.18 Å². The molecular formula is C12H12BrFN4O. The van der Waals surface area contributed by atoms with Gasteiger partial charge in [0.1, 0.15) is 5.82 Å². The number of nitrogens with zero attached hydrogens (tertiary/aromatic N) is 3. The maximum Gasteiger partial charge on any atom is 0.251 e. The number of rotatable bonds is 5. The van der Waals surface area contributed by atoms with E-state index in [0.29, 0.717) is 23.1 Å². The van der Waals surface area contributed by atoms with Gasteiger partial charge in [0.15, 0.2) is 0 Å². The Balaban J connectivity index is 1.79. The largest absolute Gasteiger partial charge is 0.352 e. The molecule has 0 bridgehead atoms. The van der Waals surface area contributed by atoms with E-state index in [-0.39, 0.29) is 5.91 Å². The quantitative estimate of drug-likeness (QED) is 0.855. The number of nitrogens with one attached hydrogen (secondary N) is 1. The molecule has 1 amide bonds. The number of hydrogen-bond donors (Lipinski definition) is 1. The summed E-state index contributed by atoms with van der Waals surface area (Å²) in [6, 6.07) is 4.29. The zero-order valence-corrected chi connectivity index (χ0v) is 11.6. The summed E-state index contributed by atoms with van der Waals surface area (Å²) in [5.74, 6) is -0.736. The van der Waals surface area contributed by atoms with Crippen LogP contribution in [0, 0.1) is 5.82 Å². The van der Waals surface area contributed by atoms with E-state index in [4.69, 9.17) is 0 Å². The Morgan fingerprint density at radius 2 is 2.32 bits per heavy atom. The standard InChI is InChI=1S/C12H12BrFN4O/c13-10-3-2-9(8-11(10)14)12(19)15-4-1-6-18-7-5-16-17-18/h2-3,5,7-8H,1,4,6H2,(H,15,19). The number of carbonyl (C=O) groups excluding carboxylic acids is 1. The molecule has 5 nitrogen and oxygen atoms in total. The average molecular weight is 327 g/mol. The highest BCUT2D eigenvalue weighted by Gasteiger charge is 2.07. The zero-order valence-electron chi connectivity index (χ0n) is 10.0. The van der Waals surface area contributed by atoms with E-state index in [1.54, 1.807) is 23.1 Å². The molecule has 0 aliphatic carbocycles. The highest BCUT2D eigenvalue weighted by molar-refractivity contribution is 9.10. The summed E-state index contributed by atoms with van der Waals surface area (Å²) in [7, 11) is 0. The molecule has 7 heteroatoms. The van der Waals surface area contributed by atoms with Gasteiger partial charge in [-0.2, -0.15) is 0 Å². The summed E-state index contributed by atoms with van der Waals surface area (Å²) in [5, 5.41) is 10.2. The fraction of sp³-hybridized carbons (Fsp3) is 0.250. The average Bonchev–Trinajstić information content (AvgIpc) is 2.91. The number of carbonyl (C=O) groups is 1.